The number of aromatic hydroxyl groups is 1. The molecule has 1 unspecified atom stereocenters. The molecule has 0 saturated heterocycles. The number of rotatable bonds is 2. The van der Waals surface area contributed by atoms with Crippen LogP contribution >= 0.6 is 0 Å². The molecule has 1 aliphatic heterocycles. The van der Waals surface area contributed by atoms with Crippen molar-refractivity contribution in [1.82, 2.24) is 4.90 Å². The van der Waals surface area contributed by atoms with Crippen LogP contribution < -0.4 is 0 Å². The number of fused-ring (bicyclic) bond motifs is 1. The van der Waals surface area contributed by atoms with Gasteiger partial charge in [-0.05, 0) is 28.8 Å². The molecule has 2 aromatic carbocycles. The maximum absolute atomic E-state index is 10.2. The maximum Gasteiger partial charge on any atom is 0.115 e. The molecule has 0 fully saturated rings. The van der Waals surface area contributed by atoms with Gasteiger partial charge in [0.15, 0.2) is 0 Å². The van der Waals surface area contributed by atoms with Crippen molar-refractivity contribution in [2.75, 3.05) is 6.54 Å². The lowest BCUT2D eigenvalue weighted by molar-refractivity contribution is 0.0879. The number of aliphatic hydroxyl groups excluding tert-OH is 1. The van der Waals surface area contributed by atoms with Gasteiger partial charge in [-0.15, -0.1) is 0 Å². The van der Waals surface area contributed by atoms with Crippen LogP contribution in [0.1, 0.15) is 22.8 Å². The van der Waals surface area contributed by atoms with Gasteiger partial charge in [0.2, 0.25) is 0 Å². The van der Waals surface area contributed by atoms with E-state index in [9.17, 15) is 10.2 Å². The van der Waals surface area contributed by atoms with E-state index in [1.54, 1.807) is 12.1 Å². The molecule has 2 N–H and O–H groups in total. The van der Waals surface area contributed by atoms with Gasteiger partial charge in [-0.1, -0.05) is 36.4 Å². The van der Waals surface area contributed by atoms with Crippen LogP contribution in [-0.4, -0.2) is 21.7 Å². The molecule has 1 heterocycles. The lowest BCUT2D eigenvalue weighted by atomic mass is 9.96. The van der Waals surface area contributed by atoms with Crippen LogP contribution in [0.3, 0.4) is 0 Å². The van der Waals surface area contributed by atoms with Crippen LogP contribution in [0, 0.1) is 0 Å². The average molecular weight is 255 g/mol. The number of aliphatic hydroxyl groups is 1. The van der Waals surface area contributed by atoms with Crippen molar-refractivity contribution < 1.29 is 10.2 Å². The van der Waals surface area contributed by atoms with E-state index in [1.165, 1.54) is 5.56 Å². The summed E-state index contributed by atoms with van der Waals surface area (Å²) < 4.78 is 0. The van der Waals surface area contributed by atoms with Crippen LogP contribution in [0.2, 0.25) is 0 Å². The Kier molecular flexibility index (Phi) is 3.23. The topological polar surface area (TPSA) is 43.7 Å². The second kappa shape index (κ2) is 5.03. The number of hydrogen-bond acceptors (Lipinski definition) is 3. The molecule has 3 nitrogen and oxygen atoms in total. The fourth-order valence-corrected chi connectivity index (χ4v) is 2.65. The van der Waals surface area contributed by atoms with E-state index < -0.39 is 6.10 Å². The molecule has 2 aromatic rings. The highest BCUT2D eigenvalue weighted by molar-refractivity contribution is 5.38. The molecule has 0 spiro atoms. The first-order valence-electron chi connectivity index (χ1n) is 6.48. The SMILES string of the molecule is Oc1ccc2c(c1)C(O)CN(Cc1ccccc1)C2. The predicted octanol–water partition coefficient (Wildman–Crippen LogP) is 2.44. The van der Waals surface area contributed by atoms with E-state index in [0.717, 1.165) is 24.2 Å². The van der Waals surface area contributed by atoms with Gasteiger partial charge in [0.05, 0.1) is 6.10 Å². The number of β-amino-alcohol motifs (C(OH)–C–C–N with tert-alkyl or cyclic N) is 1. The maximum atomic E-state index is 10.2. The van der Waals surface area contributed by atoms with Gasteiger partial charge in [-0.3, -0.25) is 4.90 Å². The smallest absolute Gasteiger partial charge is 0.115 e. The molecule has 98 valence electrons. The third-order valence-electron chi connectivity index (χ3n) is 3.56. The van der Waals surface area contributed by atoms with Gasteiger partial charge >= 0.3 is 0 Å². The Morgan fingerprint density at radius 1 is 1.11 bits per heavy atom. The van der Waals surface area contributed by atoms with Crippen LogP contribution in [0.4, 0.5) is 0 Å². The van der Waals surface area contributed by atoms with Crippen LogP contribution in [0.25, 0.3) is 0 Å². The van der Waals surface area contributed by atoms with Crippen LogP contribution in [0.5, 0.6) is 5.75 Å². The molecule has 0 amide bonds. The van der Waals surface area contributed by atoms with E-state index in [-0.39, 0.29) is 5.75 Å². The third-order valence-corrected chi connectivity index (χ3v) is 3.56. The minimum absolute atomic E-state index is 0.217. The van der Waals surface area contributed by atoms with Crippen molar-refractivity contribution in [3.63, 3.8) is 0 Å². The molecule has 19 heavy (non-hydrogen) atoms. The summed E-state index contributed by atoms with van der Waals surface area (Å²) >= 11 is 0. The Hall–Kier alpha value is -1.84. The molecule has 0 radical (unpaired) electrons. The fraction of sp³-hybridized carbons (Fsp3) is 0.250. The Morgan fingerprint density at radius 2 is 1.89 bits per heavy atom. The number of nitrogens with zero attached hydrogens (tertiary/aromatic N) is 1. The molecule has 0 bridgehead atoms. The van der Waals surface area contributed by atoms with E-state index in [1.807, 2.05) is 24.3 Å². The highest BCUT2D eigenvalue weighted by atomic mass is 16.3. The summed E-state index contributed by atoms with van der Waals surface area (Å²) in [5.74, 6) is 0.217. The Balaban J connectivity index is 1.80. The first-order valence-corrected chi connectivity index (χ1v) is 6.48. The summed E-state index contributed by atoms with van der Waals surface area (Å²) in [7, 11) is 0. The minimum atomic E-state index is -0.528. The predicted molar refractivity (Wildman–Crippen MR) is 73.6 cm³/mol. The van der Waals surface area contributed by atoms with Gasteiger partial charge in [0.25, 0.3) is 0 Å². The van der Waals surface area contributed by atoms with E-state index in [0.29, 0.717) is 6.54 Å². The van der Waals surface area contributed by atoms with E-state index in [4.69, 9.17) is 0 Å². The van der Waals surface area contributed by atoms with Crippen molar-refractivity contribution in [1.29, 1.82) is 0 Å². The van der Waals surface area contributed by atoms with Crippen molar-refractivity contribution in [2.24, 2.45) is 0 Å². The van der Waals surface area contributed by atoms with Crippen molar-refractivity contribution in [2.45, 2.75) is 19.2 Å². The molecular formula is C16H17NO2. The van der Waals surface area contributed by atoms with E-state index in [2.05, 4.69) is 17.0 Å². The largest absolute Gasteiger partial charge is 0.508 e. The first-order chi connectivity index (χ1) is 9.22. The molecule has 1 aliphatic rings. The molecule has 0 aliphatic carbocycles. The zero-order chi connectivity index (χ0) is 13.2. The fourth-order valence-electron chi connectivity index (χ4n) is 2.65. The number of phenols is 1. The van der Waals surface area contributed by atoms with Crippen molar-refractivity contribution in [3.05, 3.63) is 65.2 Å². The van der Waals surface area contributed by atoms with Gasteiger partial charge in [-0.2, -0.15) is 0 Å². The number of hydrogen-bond donors (Lipinski definition) is 2. The molecular weight excluding hydrogens is 238 g/mol. The Bertz CT molecular complexity index is 568. The average Bonchev–Trinajstić information content (AvgIpc) is 2.41. The lowest BCUT2D eigenvalue weighted by Crippen LogP contribution is -2.33. The molecule has 3 rings (SSSR count). The highest BCUT2D eigenvalue weighted by Gasteiger charge is 2.23. The summed E-state index contributed by atoms with van der Waals surface area (Å²) in [5.41, 5.74) is 3.19. The molecule has 0 saturated carbocycles. The van der Waals surface area contributed by atoms with Crippen LogP contribution in [-0.2, 0) is 13.1 Å². The summed E-state index contributed by atoms with van der Waals surface area (Å²) in [5, 5.41) is 19.7. The molecule has 1 atom stereocenters. The first kappa shape index (κ1) is 12.2. The summed E-state index contributed by atoms with van der Waals surface area (Å²) in [6, 6.07) is 15.5. The zero-order valence-electron chi connectivity index (χ0n) is 10.7. The monoisotopic (exact) mass is 255 g/mol. The summed E-state index contributed by atoms with van der Waals surface area (Å²) in [6.45, 7) is 2.24. The Morgan fingerprint density at radius 3 is 2.68 bits per heavy atom. The second-order valence-electron chi connectivity index (χ2n) is 5.05. The number of phenolic OH excluding ortho intramolecular Hbond substituents is 1. The highest BCUT2D eigenvalue weighted by Crippen LogP contribution is 2.30. The van der Waals surface area contributed by atoms with Crippen molar-refractivity contribution in [3.8, 4) is 5.75 Å². The number of benzene rings is 2. The van der Waals surface area contributed by atoms with Gasteiger partial charge in [0, 0.05) is 19.6 Å². The third kappa shape index (κ3) is 2.62. The molecule has 3 heteroatoms. The van der Waals surface area contributed by atoms with Gasteiger partial charge in [0.1, 0.15) is 5.75 Å². The minimum Gasteiger partial charge on any atom is -0.508 e. The zero-order valence-corrected chi connectivity index (χ0v) is 10.7. The van der Waals surface area contributed by atoms with Crippen LogP contribution in [0.15, 0.2) is 48.5 Å². The molecule has 0 aromatic heterocycles. The summed E-state index contributed by atoms with van der Waals surface area (Å²) in [4.78, 5) is 2.22. The second-order valence-corrected chi connectivity index (χ2v) is 5.05. The Labute approximate surface area is 112 Å². The quantitative estimate of drug-likeness (QED) is 0.866. The van der Waals surface area contributed by atoms with E-state index >= 15 is 0 Å². The summed E-state index contributed by atoms with van der Waals surface area (Å²) in [6.07, 6.45) is -0.528. The van der Waals surface area contributed by atoms with Gasteiger partial charge < -0.3 is 10.2 Å². The lowest BCUT2D eigenvalue weighted by Gasteiger charge is -2.32. The van der Waals surface area contributed by atoms with Crippen molar-refractivity contribution >= 4 is 0 Å². The standard InChI is InChI=1S/C16H17NO2/c18-14-7-6-13-10-17(11-16(19)15(13)8-14)9-12-4-2-1-3-5-12/h1-8,16,18-19H,9-11H2. The van der Waals surface area contributed by atoms with Gasteiger partial charge in [-0.25, -0.2) is 0 Å². The normalized spacial score (nSPS) is 19.1.